The molecule has 0 bridgehead atoms. The Morgan fingerprint density at radius 3 is 2.88 bits per heavy atom. The summed E-state index contributed by atoms with van der Waals surface area (Å²) >= 11 is 3.28. The Morgan fingerprint density at radius 1 is 1.38 bits per heavy atom. The Bertz CT molecular complexity index is 759. The van der Waals surface area contributed by atoms with Gasteiger partial charge >= 0.3 is 0 Å². The molecule has 3 rings (SSSR count). The van der Waals surface area contributed by atoms with Crippen molar-refractivity contribution in [2.45, 2.75) is 25.9 Å². The number of fused-ring (bicyclic) bond motifs is 1. The van der Waals surface area contributed by atoms with Gasteiger partial charge in [0.2, 0.25) is 0 Å². The molecule has 0 N–H and O–H groups in total. The molecule has 0 atom stereocenters. The average Bonchev–Trinajstić information content (AvgIpc) is 2.87. The molecule has 6 heteroatoms. The van der Waals surface area contributed by atoms with Gasteiger partial charge in [-0.2, -0.15) is 0 Å². The fourth-order valence-electron chi connectivity index (χ4n) is 2.65. The number of rotatable bonds is 4. The summed E-state index contributed by atoms with van der Waals surface area (Å²) in [7, 11) is 1.70. The van der Waals surface area contributed by atoms with Crippen molar-refractivity contribution in [3.05, 3.63) is 46.7 Å². The Kier molecular flexibility index (Phi) is 4.49. The van der Waals surface area contributed by atoms with Crippen LogP contribution in [0.1, 0.15) is 19.4 Å². The topological polar surface area (TPSA) is 51.7 Å². The van der Waals surface area contributed by atoms with Gasteiger partial charge in [0.15, 0.2) is 18.1 Å². The van der Waals surface area contributed by atoms with Crippen molar-refractivity contribution in [3.8, 4) is 11.5 Å². The van der Waals surface area contributed by atoms with E-state index in [1.807, 2.05) is 38.1 Å². The fraction of sp³-hybridized carbons (Fsp3) is 0.333. The molecule has 5 nitrogen and oxygen atoms in total. The quantitative estimate of drug-likeness (QED) is 0.748. The lowest BCUT2D eigenvalue weighted by Crippen LogP contribution is -2.31. The van der Waals surface area contributed by atoms with Crippen LogP contribution in [-0.2, 0) is 11.2 Å². The number of pyridine rings is 1. The van der Waals surface area contributed by atoms with Gasteiger partial charge in [0.1, 0.15) is 10.2 Å². The van der Waals surface area contributed by atoms with Crippen molar-refractivity contribution in [3.63, 3.8) is 0 Å². The third kappa shape index (κ3) is 3.53. The number of aromatic nitrogens is 1. The molecular weight excluding hydrogens is 372 g/mol. The molecule has 2 aromatic rings. The minimum absolute atomic E-state index is 0.0627. The SMILES string of the molecule is CN(C(=O)COc1cccc2c1OC(C)(C)C2)c1ccc(Br)nc1. The Hall–Kier alpha value is -2.08. The molecular formula is C18H19BrN2O3. The first-order chi connectivity index (χ1) is 11.4. The Balaban J connectivity index is 1.67. The van der Waals surface area contributed by atoms with Gasteiger partial charge in [-0.15, -0.1) is 0 Å². The van der Waals surface area contributed by atoms with E-state index in [4.69, 9.17) is 9.47 Å². The maximum Gasteiger partial charge on any atom is 0.264 e. The van der Waals surface area contributed by atoms with Crippen LogP contribution in [0.5, 0.6) is 11.5 Å². The summed E-state index contributed by atoms with van der Waals surface area (Å²) in [6.07, 6.45) is 2.46. The molecule has 1 aliphatic rings. The van der Waals surface area contributed by atoms with E-state index in [2.05, 4.69) is 20.9 Å². The lowest BCUT2D eigenvalue weighted by molar-refractivity contribution is -0.120. The fourth-order valence-corrected chi connectivity index (χ4v) is 2.88. The zero-order chi connectivity index (χ0) is 17.3. The minimum atomic E-state index is -0.244. The number of halogens is 1. The highest BCUT2D eigenvalue weighted by molar-refractivity contribution is 9.10. The largest absolute Gasteiger partial charge is 0.483 e. The zero-order valence-corrected chi connectivity index (χ0v) is 15.5. The maximum absolute atomic E-state index is 12.3. The second-order valence-electron chi connectivity index (χ2n) is 6.36. The van der Waals surface area contributed by atoms with Crippen LogP contribution >= 0.6 is 15.9 Å². The Labute approximate surface area is 149 Å². The molecule has 0 aliphatic carbocycles. The summed E-state index contributed by atoms with van der Waals surface area (Å²) < 4.78 is 12.4. The van der Waals surface area contributed by atoms with Gasteiger partial charge in [-0.25, -0.2) is 4.98 Å². The van der Waals surface area contributed by atoms with Crippen molar-refractivity contribution >= 4 is 27.5 Å². The summed E-state index contributed by atoms with van der Waals surface area (Å²) in [6, 6.07) is 9.39. The number of hydrogen-bond donors (Lipinski definition) is 0. The predicted octanol–water partition coefficient (Wildman–Crippen LogP) is 3.60. The first kappa shape index (κ1) is 16.8. The second kappa shape index (κ2) is 6.43. The number of amides is 1. The van der Waals surface area contributed by atoms with Crippen LogP contribution in [0.4, 0.5) is 5.69 Å². The van der Waals surface area contributed by atoms with Crippen molar-refractivity contribution in [1.29, 1.82) is 0 Å². The van der Waals surface area contributed by atoms with E-state index in [-0.39, 0.29) is 18.1 Å². The molecule has 2 heterocycles. The highest BCUT2D eigenvalue weighted by atomic mass is 79.9. The van der Waals surface area contributed by atoms with E-state index in [0.717, 1.165) is 22.3 Å². The van der Waals surface area contributed by atoms with Crippen LogP contribution in [0.2, 0.25) is 0 Å². The van der Waals surface area contributed by atoms with Gasteiger partial charge in [-0.3, -0.25) is 4.79 Å². The van der Waals surface area contributed by atoms with Gasteiger partial charge in [-0.05, 0) is 48.0 Å². The van der Waals surface area contributed by atoms with Gasteiger partial charge in [-0.1, -0.05) is 12.1 Å². The number of nitrogens with zero attached hydrogens (tertiary/aromatic N) is 2. The van der Waals surface area contributed by atoms with Crippen LogP contribution in [0.3, 0.4) is 0 Å². The van der Waals surface area contributed by atoms with E-state index in [1.54, 1.807) is 19.3 Å². The first-order valence-electron chi connectivity index (χ1n) is 7.67. The average molecular weight is 391 g/mol. The molecule has 24 heavy (non-hydrogen) atoms. The molecule has 126 valence electrons. The minimum Gasteiger partial charge on any atom is -0.483 e. The van der Waals surface area contributed by atoms with Crippen LogP contribution in [0.15, 0.2) is 41.1 Å². The van der Waals surface area contributed by atoms with Crippen molar-refractivity contribution in [2.24, 2.45) is 0 Å². The molecule has 0 saturated carbocycles. The van der Waals surface area contributed by atoms with Crippen molar-refractivity contribution in [2.75, 3.05) is 18.6 Å². The lowest BCUT2D eigenvalue weighted by Gasteiger charge is -2.19. The predicted molar refractivity (Wildman–Crippen MR) is 95.7 cm³/mol. The van der Waals surface area contributed by atoms with E-state index >= 15 is 0 Å². The summed E-state index contributed by atoms with van der Waals surface area (Å²) in [5, 5.41) is 0. The number of carbonyl (C=O) groups is 1. The second-order valence-corrected chi connectivity index (χ2v) is 7.18. The summed E-state index contributed by atoms with van der Waals surface area (Å²) in [4.78, 5) is 18.0. The van der Waals surface area contributed by atoms with Crippen molar-refractivity contribution in [1.82, 2.24) is 4.98 Å². The summed E-state index contributed by atoms with van der Waals surface area (Å²) in [5.74, 6) is 1.19. The third-order valence-electron chi connectivity index (χ3n) is 3.88. The highest BCUT2D eigenvalue weighted by Gasteiger charge is 2.32. The number of para-hydroxylation sites is 1. The monoisotopic (exact) mass is 390 g/mol. The molecule has 0 unspecified atom stereocenters. The van der Waals surface area contributed by atoms with Gasteiger partial charge < -0.3 is 14.4 Å². The summed E-state index contributed by atoms with van der Waals surface area (Å²) in [6.45, 7) is 4.01. The highest BCUT2D eigenvalue weighted by Crippen LogP contribution is 2.41. The maximum atomic E-state index is 12.3. The van der Waals surface area contributed by atoms with Crippen LogP contribution in [0.25, 0.3) is 0 Å². The zero-order valence-electron chi connectivity index (χ0n) is 13.9. The molecule has 1 aliphatic heterocycles. The van der Waals surface area contributed by atoms with Crippen LogP contribution in [0, 0.1) is 0 Å². The molecule has 1 aromatic carbocycles. The number of hydrogen-bond acceptors (Lipinski definition) is 4. The molecule has 0 fully saturated rings. The number of ether oxygens (including phenoxy) is 2. The van der Waals surface area contributed by atoms with Crippen LogP contribution < -0.4 is 14.4 Å². The normalized spacial score (nSPS) is 14.7. The Morgan fingerprint density at radius 2 is 2.17 bits per heavy atom. The molecule has 0 radical (unpaired) electrons. The van der Waals surface area contributed by atoms with Gasteiger partial charge in [0.05, 0.1) is 11.9 Å². The lowest BCUT2D eigenvalue weighted by atomic mass is 10.0. The van der Waals surface area contributed by atoms with E-state index in [1.165, 1.54) is 4.90 Å². The van der Waals surface area contributed by atoms with Crippen molar-refractivity contribution < 1.29 is 14.3 Å². The van der Waals surface area contributed by atoms with E-state index in [9.17, 15) is 4.79 Å². The van der Waals surface area contributed by atoms with Gasteiger partial charge in [0.25, 0.3) is 5.91 Å². The molecule has 1 amide bonds. The molecule has 0 saturated heterocycles. The smallest absolute Gasteiger partial charge is 0.264 e. The number of benzene rings is 1. The van der Waals surface area contributed by atoms with E-state index in [0.29, 0.717) is 11.4 Å². The van der Waals surface area contributed by atoms with E-state index < -0.39 is 0 Å². The standard InChI is InChI=1S/C18H19BrN2O3/c1-18(2)9-12-5-4-6-14(17(12)24-18)23-11-16(22)21(3)13-7-8-15(19)20-10-13/h4-8,10H,9,11H2,1-3H3. The number of carbonyl (C=O) groups excluding carboxylic acids is 1. The van der Waals surface area contributed by atoms with Crippen LogP contribution in [-0.4, -0.2) is 30.1 Å². The molecule has 1 aromatic heterocycles. The first-order valence-corrected chi connectivity index (χ1v) is 8.47. The summed E-state index contributed by atoms with van der Waals surface area (Å²) in [5.41, 5.74) is 1.57. The third-order valence-corrected chi connectivity index (χ3v) is 4.35. The number of likely N-dealkylation sites (N-methyl/N-ethyl adjacent to an activating group) is 1. The van der Waals surface area contributed by atoms with Gasteiger partial charge in [0, 0.05) is 19.0 Å². The molecule has 0 spiro atoms. The number of anilines is 1.